The molecule has 0 fully saturated rings. The smallest absolute Gasteiger partial charge is 0.267 e. The first-order chi connectivity index (χ1) is 11.5. The third kappa shape index (κ3) is 3.57. The molecule has 0 aliphatic heterocycles. The number of nitrogens with one attached hydrogen (secondary N) is 1. The summed E-state index contributed by atoms with van der Waals surface area (Å²) in [5, 5.41) is 9.25. The number of hydrogen-bond acceptors (Lipinski definition) is 5. The molecule has 6 nitrogen and oxygen atoms in total. The number of amides is 1. The molecule has 0 saturated carbocycles. The maximum absolute atomic E-state index is 12.1. The first-order valence-corrected chi connectivity index (χ1v) is 8.26. The number of aryl methyl sites for hydroxylation is 2. The van der Waals surface area contributed by atoms with E-state index in [0.717, 1.165) is 16.7 Å². The van der Waals surface area contributed by atoms with E-state index in [2.05, 4.69) is 15.4 Å². The van der Waals surface area contributed by atoms with Gasteiger partial charge in [0.1, 0.15) is 6.54 Å². The zero-order chi connectivity index (χ0) is 17.1. The molecule has 0 spiro atoms. The number of anilines is 1. The molecule has 0 radical (unpaired) electrons. The first kappa shape index (κ1) is 16.1. The topological polar surface area (TPSA) is 76.9 Å². The molecule has 2 aromatic heterocycles. The van der Waals surface area contributed by atoms with E-state index in [-0.39, 0.29) is 18.0 Å². The standard InChI is InChI=1S/C17H16N4O2S/c1-11-3-4-12(2)13(9-11)14-5-6-16(23)21(20-14)10-15(22)19-17-18-7-8-24-17/h3-9H,10H2,1-2H3,(H,18,19,22). The number of benzene rings is 1. The summed E-state index contributed by atoms with van der Waals surface area (Å²) < 4.78 is 1.17. The Hall–Kier alpha value is -2.80. The molecule has 2 heterocycles. The fourth-order valence-corrected chi connectivity index (χ4v) is 2.84. The number of carbonyl (C=O) groups excluding carboxylic acids is 1. The highest BCUT2D eigenvalue weighted by Crippen LogP contribution is 2.21. The number of aromatic nitrogens is 3. The molecule has 1 N–H and O–H groups in total. The van der Waals surface area contributed by atoms with E-state index in [9.17, 15) is 9.59 Å². The van der Waals surface area contributed by atoms with E-state index >= 15 is 0 Å². The van der Waals surface area contributed by atoms with E-state index in [1.807, 2.05) is 32.0 Å². The van der Waals surface area contributed by atoms with Crippen LogP contribution in [0, 0.1) is 13.8 Å². The quantitative estimate of drug-likeness (QED) is 0.792. The summed E-state index contributed by atoms with van der Waals surface area (Å²) in [6.07, 6.45) is 1.60. The monoisotopic (exact) mass is 340 g/mol. The van der Waals surface area contributed by atoms with Crippen LogP contribution in [0.5, 0.6) is 0 Å². The van der Waals surface area contributed by atoms with Gasteiger partial charge in [-0.15, -0.1) is 11.3 Å². The van der Waals surface area contributed by atoms with Gasteiger partial charge in [-0.2, -0.15) is 5.10 Å². The van der Waals surface area contributed by atoms with Crippen LogP contribution in [-0.2, 0) is 11.3 Å². The van der Waals surface area contributed by atoms with Crippen molar-refractivity contribution in [1.29, 1.82) is 0 Å². The number of carbonyl (C=O) groups is 1. The van der Waals surface area contributed by atoms with Crippen LogP contribution in [0.25, 0.3) is 11.3 Å². The van der Waals surface area contributed by atoms with Crippen LogP contribution in [0.15, 0.2) is 46.7 Å². The van der Waals surface area contributed by atoms with E-state index in [0.29, 0.717) is 10.8 Å². The van der Waals surface area contributed by atoms with E-state index < -0.39 is 0 Å². The van der Waals surface area contributed by atoms with Gasteiger partial charge in [-0.3, -0.25) is 9.59 Å². The molecule has 3 aromatic rings. The van der Waals surface area contributed by atoms with Crippen molar-refractivity contribution in [2.24, 2.45) is 0 Å². The van der Waals surface area contributed by atoms with Crippen LogP contribution < -0.4 is 10.9 Å². The second-order valence-corrected chi connectivity index (χ2v) is 6.31. The Kier molecular flexibility index (Phi) is 4.52. The van der Waals surface area contributed by atoms with Crippen molar-refractivity contribution in [3.05, 3.63) is 63.4 Å². The number of hydrogen-bond donors (Lipinski definition) is 1. The van der Waals surface area contributed by atoms with Crippen molar-refractivity contribution < 1.29 is 4.79 Å². The molecule has 1 aromatic carbocycles. The van der Waals surface area contributed by atoms with Crippen LogP contribution in [0.4, 0.5) is 5.13 Å². The Morgan fingerprint density at radius 1 is 1.25 bits per heavy atom. The Bertz CT molecular complexity index is 932. The Labute approximate surface area is 142 Å². The van der Waals surface area contributed by atoms with Gasteiger partial charge in [0.25, 0.3) is 5.56 Å². The molecule has 0 aliphatic rings. The molecule has 0 unspecified atom stereocenters. The molecule has 3 rings (SSSR count). The zero-order valence-corrected chi connectivity index (χ0v) is 14.1. The highest BCUT2D eigenvalue weighted by molar-refractivity contribution is 7.13. The van der Waals surface area contributed by atoms with Gasteiger partial charge in [0.15, 0.2) is 5.13 Å². The average molecular weight is 340 g/mol. The Morgan fingerprint density at radius 2 is 2.08 bits per heavy atom. The van der Waals surface area contributed by atoms with Crippen LogP contribution in [0.1, 0.15) is 11.1 Å². The maximum Gasteiger partial charge on any atom is 0.267 e. The van der Waals surface area contributed by atoms with Crippen molar-refractivity contribution in [2.45, 2.75) is 20.4 Å². The van der Waals surface area contributed by atoms with Gasteiger partial charge in [-0.1, -0.05) is 17.7 Å². The lowest BCUT2D eigenvalue weighted by molar-refractivity contribution is -0.117. The lowest BCUT2D eigenvalue weighted by Crippen LogP contribution is -2.29. The summed E-state index contributed by atoms with van der Waals surface area (Å²) in [6, 6.07) is 9.16. The minimum Gasteiger partial charge on any atom is -0.300 e. The molecule has 122 valence electrons. The van der Waals surface area contributed by atoms with Crippen molar-refractivity contribution in [1.82, 2.24) is 14.8 Å². The molecular formula is C17H16N4O2S. The van der Waals surface area contributed by atoms with Gasteiger partial charge in [0.2, 0.25) is 5.91 Å². The predicted octanol–water partition coefficient (Wildman–Crippen LogP) is 2.62. The van der Waals surface area contributed by atoms with Crippen molar-refractivity contribution >= 4 is 22.4 Å². The van der Waals surface area contributed by atoms with E-state index in [4.69, 9.17) is 0 Å². The summed E-state index contributed by atoms with van der Waals surface area (Å²) in [5.41, 5.74) is 3.46. The molecular weight excluding hydrogens is 324 g/mol. The Morgan fingerprint density at radius 3 is 2.83 bits per heavy atom. The summed E-state index contributed by atoms with van der Waals surface area (Å²) in [4.78, 5) is 28.0. The van der Waals surface area contributed by atoms with Crippen molar-refractivity contribution in [3.63, 3.8) is 0 Å². The molecule has 0 atom stereocenters. The fourth-order valence-electron chi connectivity index (χ4n) is 2.30. The summed E-state index contributed by atoms with van der Waals surface area (Å²) in [6.45, 7) is 3.83. The molecule has 7 heteroatoms. The van der Waals surface area contributed by atoms with Gasteiger partial charge < -0.3 is 5.32 Å². The lowest BCUT2D eigenvalue weighted by atomic mass is 10.0. The van der Waals surface area contributed by atoms with E-state index in [1.165, 1.54) is 22.1 Å². The largest absolute Gasteiger partial charge is 0.300 e. The van der Waals surface area contributed by atoms with Crippen LogP contribution >= 0.6 is 11.3 Å². The third-order valence-corrected chi connectivity index (χ3v) is 4.20. The number of thiazole rings is 1. The summed E-state index contributed by atoms with van der Waals surface area (Å²) >= 11 is 1.32. The van der Waals surface area contributed by atoms with E-state index in [1.54, 1.807) is 17.6 Å². The van der Waals surface area contributed by atoms with Crippen LogP contribution in [0.2, 0.25) is 0 Å². The summed E-state index contributed by atoms with van der Waals surface area (Å²) in [7, 11) is 0. The van der Waals surface area contributed by atoms with Crippen LogP contribution in [0.3, 0.4) is 0 Å². The minimum atomic E-state index is -0.335. The average Bonchev–Trinajstić information content (AvgIpc) is 3.05. The van der Waals surface area contributed by atoms with Crippen LogP contribution in [-0.4, -0.2) is 20.7 Å². The highest BCUT2D eigenvalue weighted by atomic mass is 32.1. The molecule has 24 heavy (non-hydrogen) atoms. The molecule has 0 aliphatic carbocycles. The minimum absolute atomic E-state index is 0.156. The number of nitrogens with zero attached hydrogens (tertiary/aromatic N) is 3. The normalized spacial score (nSPS) is 10.6. The maximum atomic E-state index is 12.1. The second kappa shape index (κ2) is 6.76. The van der Waals surface area contributed by atoms with Crippen molar-refractivity contribution in [2.75, 3.05) is 5.32 Å². The Balaban J connectivity index is 1.88. The third-order valence-electron chi connectivity index (χ3n) is 3.51. The van der Waals surface area contributed by atoms with Gasteiger partial charge in [-0.25, -0.2) is 9.67 Å². The van der Waals surface area contributed by atoms with Gasteiger partial charge in [0.05, 0.1) is 5.69 Å². The number of rotatable bonds is 4. The lowest BCUT2D eigenvalue weighted by Gasteiger charge is -2.09. The highest BCUT2D eigenvalue weighted by Gasteiger charge is 2.10. The second-order valence-electron chi connectivity index (χ2n) is 5.42. The molecule has 0 bridgehead atoms. The predicted molar refractivity (Wildman–Crippen MR) is 94.2 cm³/mol. The molecule has 1 amide bonds. The molecule has 0 saturated heterocycles. The summed E-state index contributed by atoms with van der Waals surface area (Å²) in [5.74, 6) is -0.335. The fraction of sp³-hybridized carbons (Fsp3) is 0.176. The van der Waals surface area contributed by atoms with Gasteiger partial charge in [-0.05, 0) is 31.5 Å². The SMILES string of the molecule is Cc1ccc(C)c(-c2ccc(=O)n(CC(=O)Nc3nccs3)n2)c1. The van der Waals surface area contributed by atoms with Gasteiger partial charge in [0, 0.05) is 23.2 Å². The van der Waals surface area contributed by atoms with Gasteiger partial charge >= 0.3 is 0 Å². The van der Waals surface area contributed by atoms with Crippen molar-refractivity contribution in [3.8, 4) is 11.3 Å². The first-order valence-electron chi connectivity index (χ1n) is 7.38. The zero-order valence-electron chi connectivity index (χ0n) is 13.3.